The third-order valence-electron chi connectivity index (χ3n) is 3.83. The van der Waals surface area contributed by atoms with Gasteiger partial charge in [0.2, 0.25) is 0 Å². The van der Waals surface area contributed by atoms with Crippen LogP contribution in [-0.4, -0.2) is 22.3 Å². The Balaban J connectivity index is 1.86. The van der Waals surface area contributed by atoms with E-state index in [0.29, 0.717) is 23.0 Å². The molecule has 0 unspecified atom stereocenters. The molecule has 1 aromatic heterocycles. The summed E-state index contributed by atoms with van der Waals surface area (Å²) in [5, 5.41) is 5.82. The van der Waals surface area contributed by atoms with Crippen LogP contribution in [0.15, 0.2) is 30.5 Å². The summed E-state index contributed by atoms with van der Waals surface area (Å²) in [5.74, 6) is -1.07. The van der Waals surface area contributed by atoms with Gasteiger partial charge in [-0.1, -0.05) is 6.07 Å². The molecular weight excluding hydrogens is 297 g/mol. The number of para-hydroxylation sites is 1. The summed E-state index contributed by atoms with van der Waals surface area (Å²) < 4.78 is 15.7. The van der Waals surface area contributed by atoms with Crippen molar-refractivity contribution in [1.29, 1.82) is 0 Å². The average molecular weight is 315 g/mol. The average Bonchev–Trinajstić information content (AvgIpc) is 3.22. The highest BCUT2D eigenvalue weighted by Crippen LogP contribution is 2.31. The lowest BCUT2D eigenvalue weighted by Gasteiger charge is -2.13. The number of hydrogen-bond acceptors (Lipinski definition) is 3. The van der Waals surface area contributed by atoms with Gasteiger partial charge in [0.15, 0.2) is 5.78 Å². The van der Waals surface area contributed by atoms with Crippen molar-refractivity contribution in [3.05, 3.63) is 47.5 Å². The van der Waals surface area contributed by atoms with Crippen LogP contribution in [0.2, 0.25) is 0 Å². The van der Waals surface area contributed by atoms with Gasteiger partial charge in [-0.3, -0.25) is 9.59 Å². The molecule has 3 rings (SSSR count). The molecule has 1 amide bonds. The Morgan fingerprint density at radius 2 is 2.04 bits per heavy atom. The Morgan fingerprint density at radius 3 is 2.65 bits per heavy atom. The van der Waals surface area contributed by atoms with Gasteiger partial charge in [-0.2, -0.15) is 0 Å². The number of aryl methyl sites for hydroxylation is 1. The lowest BCUT2D eigenvalue weighted by Crippen LogP contribution is -2.18. The second-order valence-electron chi connectivity index (χ2n) is 5.82. The highest BCUT2D eigenvalue weighted by Gasteiger charge is 2.24. The molecule has 0 radical (unpaired) electrons. The number of carbonyl (C=O) groups is 2. The SMILES string of the molecule is CC(=O)c1cc(C(=O)Nc2c(F)cccc2NC2CC2)n(C)c1. The Hall–Kier alpha value is -2.63. The number of carbonyl (C=O) groups excluding carboxylic acids is 2. The quantitative estimate of drug-likeness (QED) is 0.833. The molecule has 1 aliphatic rings. The summed E-state index contributed by atoms with van der Waals surface area (Å²) in [5.41, 5.74) is 1.45. The molecule has 1 fully saturated rings. The summed E-state index contributed by atoms with van der Waals surface area (Å²) >= 11 is 0. The van der Waals surface area contributed by atoms with Crippen LogP contribution < -0.4 is 10.6 Å². The van der Waals surface area contributed by atoms with E-state index in [9.17, 15) is 14.0 Å². The Morgan fingerprint density at radius 1 is 1.30 bits per heavy atom. The first-order valence-corrected chi connectivity index (χ1v) is 7.49. The minimum atomic E-state index is -0.495. The molecule has 5 nitrogen and oxygen atoms in total. The van der Waals surface area contributed by atoms with Crippen LogP contribution in [0.5, 0.6) is 0 Å². The van der Waals surface area contributed by atoms with Crippen LogP contribution in [0.25, 0.3) is 0 Å². The van der Waals surface area contributed by atoms with Gasteiger partial charge in [0.05, 0.1) is 5.69 Å². The molecule has 0 saturated heterocycles. The van der Waals surface area contributed by atoms with Crippen molar-refractivity contribution in [2.75, 3.05) is 10.6 Å². The van der Waals surface area contributed by atoms with Crippen LogP contribution in [0, 0.1) is 5.82 Å². The van der Waals surface area contributed by atoms with Crippen LogP contribution in [0.3, 0.4) is 0 Å². The number of ketones is 1. The van der Waals surface area contributed by atoms with E-state index in [2.05, 4.69) is 10.6 Å². The molecule has 1 aliphatic carbocycles. The Bertz CT molecular complexity index is 778. The van der Waals surface area contributed by atoms with E-state index in [1.807, 2.05) is 0 Å². The van der Waals surface area contributed by atoms with Crippen LogP contribution >= 0.6 is 0 Å². The fourth-order valence-corrected chi connectivity index (χ4v) is 2.38. The summed E-state index contributed by atoms with van der Waals surface area (Å²) in [6.07, 6.45) is 3.68. The van der Waals surface area contributed by atoms with E-state index >= 15 is 0 Å². The van der Waals surface area contributed by atoms with E-state index in [1.165, 1.54) is 19.1 Å². The van der Waals surface area contributed by atoms with Gasteiger partial charge in [0.1, 0.15) is 17.2 Å². The van der Waals surface area contributed by atoms with E-state index in [0.717, 1.165) is 12.8 Å². The third kappa shape index (κ3) is 3.26. The number of hydrogen-bond donors (Lipinski definition) is 2. The molecule has 6 heteroatoms. The molecule has 0 aliphatic heterocycles. The molecule has 0 spiro atoms. The van der Waals surface area contributed by atoms with E-state index in [4.69, 9.17) is 0 Å². The first-order chi connectivity index (χ1) is 11.0. The van der Waals surface area contributed by atoms with Crippen molar-refractivity contribution in [3.8, 4) is 0 Å². The summed E-state index contributed by atoms with van der Waals surface area (Å²) in [7, 11) is 1.67. The number of nitrogens with one attached hydrogen (secondary N) is 2. The van der Waals surface area contributed by atoms with Gasteiger partial charge in [-0.25, -0.2) is 4.39 Å². The number of rotatable bonds is 5. The molecule has 2 N–H and O–H groups in total. The lowest BCUT2D eigenvalue weighted by molar-refractivity contribution is 0.101. The maximum absolute atomic E-state index is 14.1. The molecule has 2 aromatic rings. The van der Waals surface area contributed by atoms with Gasteiger partial charge in [-0.05, 0) is 38.0 Å². The number of halogens is 1. The number of benzene rings is 1. The number of aromatic nitrogens is 1. The van der Waals surface area contributed by atoms with Gasteiger partial charge < -0.3 is 15.2 Å². The largest absolute Gasteiger partial charge is 0.381 e. The molecule has 1 heterocycles. The fourth-order valence-electron chi connectivity index (χ4n) is 2.38. The highest BCUT2D eigenvalue weighted by atomic mass is 19.1. The summed E-state index contributed by atoms with van der Waals surface area (Å²) in [4.78, 5) is 23.9. The highest BCUT2D eigenvalue weighted by molar-refractivity contribution is 6.07. The van der Waals surface area contributed by atoms with Crippen molar-refractivity contribution in [2.24, 2.45) is 7.05 Å². The van der Waals surface area contributed by atoms with Crippen LogP contribution in [0.1, 0.15) is 40.6 Å². The monoisotopic (exact) mass is 315 g/mol. The third-order valence-corrected chi connectivity index (χ3v) is 3.83. The number of amides is 1. The predicted molar refractivity (Wildman–Crippen MR) is 86.4 cm³/mol. The maximum Gasteiger partial charge on any atom is 0.272 e. The second kappa shape index (κ2) is 5.87. The standard InChI is InChI=1S/C17H18FN3O2/c1-10(22)11-8-15(21(2)9-11)17(23)20-16-13(18)4-3-5-14(16)19-12-6-7-12/h3-5,8-9,12,19H,6-7H2,1-2H3,(H,20,23). The van der Waals surface area contributed by atoms with Crippen molar-refractivity contribution < 1.29 is 14.0 Å². The zero-order valence-electron chi connectivity index (χ0n) is 13.0. The molecule has 1 aromatic carbocycles. The normalized spacial score (nSPS) is 13.7. The molecule has 23 heavy (non-hydrogen) atoms. The number of Topliss-reactive ketones (excluding diaryl/α,β-unsaturated/α-hetero) is 1. The molecule has 0 bridgehead atoms. The smallest absolute Gasteiger partial charge is 0.272 e. The maximum atomic E-state index is 14.1. The minimum absolute atomic E-state index is 0.123. The summed E-state index contributed by atoms with van der Waals surface area (Å²) in [6.45, 7) is 1.44. The van der Waals surface area contributed by atoms with Crippen molar-refractivity contribution in [2.45, 2.75) is 25.8 Å². The first-order valence-electron chi connectivity index (χ1n) is 7.49. The molecule has 1 saturated carbocycles. The number of nitrogens with zero attached hydrogens (tertiary/aromatic N) is 1. The van der Waals surface area contributed by atoms with E-state index in [-0.39, 0.29) is 11.5 Å². The predicted octanol–water partition coefficient (Wildman–Crippen LogP) is 3.19. The minimum Gasteiger partial charge on any atom is -0.381 e. The van der Waals surface area contributed by atoms with Crippen LogP contribution in [0.4, 0.5) is 15.8 Å². The first kappa shape index (κ1) is 15.3. The van der Waals surface area contributed by atoms with Crippen LogP contribution in [-0.2, 0) is 7.05 Å². The van der Waals surface area contributed by atoms with Gasteiger partial charge in [0.25, 0.3) is 5.91 Å². The Labute approximate surface area is 133 Å². The summed E-state index contributed by atoms with van der Waals surface area (Å²) in [6, 6.07) is 6.49. The lowest BCUT2D eigenvalue weighted by atomic mass is 10.2. The van der Waals surface area contributed by atoms with Crippen molar-refractivity contribution >= 4 is 23.1 Å². The van der Waals surface area contributed by atoms with Gasteiger partial charge in [-0.15, -0.1) is 0 Å². The molecular formula is C17H18FN3O2. The van der Waals surface area contributed by atoms with Gasteiger partial charge in [0, 0.05) is 24.8 Å². The topological polar surface area (TPSA) is 63.1 Å². The number of anilines is 2. The Kier molecular flexibility index (Phi) is 3.90. The fraction of sp³-hybridized carbons (Fsp3) is 0.294. The van der Waals surface area contributed by atoms with Gasteiger partial charge >= 0.3 is 0 Å². The zero-order valence-corrected chi connectivity index (χ0v) is 13.0. The molecule has 120 valence electrons. The zero-order chi connectivity index (χ0) is 16.6. The van der Waals surface area contributed by atoms with E-state index < -0.39 is 11.7 Å². The van der Waals surface area contributed by atoms with Crippen molar-refractivity contribution in [3.63, 3.8) is 0 Å². The second-order valence-corrected chi connectivity index (χ2v) is 5.82. The molecule has 0 atom stereocenters. The van der Waals surface area contributed by atoms with E-state index in [1.54, 1.807) is 29.9 Å². The van der Waals surface area contributed by atoms with Crippen molar-refractivity contribution in [1.82, 2.24) is 4.57 Å².